The molecule has 1 aromatic rings. The third-order valence-electron chi connectivity index (χ3n) is 6.69. The van der Waals surface area contributed by atoms with Crippen LogP contribution in [-0.4, -0.2) is 65.8 Å². The van der Waals surface area contributed by atoms with Gasteiger partial charge in [0.15, 0.2) is 0 Å². The van der Waals surface area contributed by atoms with Crippen molar-refractivity contribution < 1.29 is 9.59 Å². The Hall–Kier alpha value is -1.88. The van der Waals surface area contributed by atoms with Gasteiger partial charge in [0.2, 0.25) is 11.8 Å². The molecular formula is C24H37N3O2. The standard InChI is InChI=1S/C24H37N3O2/c1-3-26-16-8-7-11-22(26)24(29)27-17-14-20(15-18-27)12-13-23(28)25(2)19-21-9-5-4-6-10-21/h4-6,9-10,20,22H,3,7-8,11-19H2,1-2H3/t22-/m0/s1. The summed E-state index contributed by atoms with van der Waals surface area (Å²) in [5, 5.41) is 0. The molecule has 5 heteroatoms. The number of nitrogens with zero attached hydrogens (tertiary/aromatic N) is 3. The molecule has 0 spiro atoms. The van der Waals surface area contributed by atoms with E-state index in [1.165, 1.54) is 18.4 Å². The molecule has 0 bridgehead atoms. The third-order valence-corrected chi connectivity index (χ3v) is 6.69. The summed E-state index contributed by atoms with van der Waals surface area (Å²) < 4.78 is 0. The van der Waals surface area contributed by atoms with Crippen molar-refractivity contribution in [3.05, 3.63) is 35.9 Å². The first-order valence-electron chi connectivity index (χ1n) is 11.4. The van der Waals surface area contributed by atoms with E-state index in [0.29, 0.717) is 24.8 Å². The minimum absolute atomic E-state index is 0.0958. The van der Waals surface area contributed by atoms with Crippen molar-refractivity contribution in [3.8, 4) is 0 Å². The number of benzene rings is 1. The normalized spacial score (nSPS) is 21.2. The van der Waals surface area contributed by atoms with Crippen LogP contribution in [0.25, 0.3) is 0 Å². The number of carbonyl (C=O) groups excluding carboxylic acids is 2. The van der Waals surface area contributed by atoms with Gasteiger partial charge in [0, 0.05) is 33.1 Å². The topological polar surface area (TPSA) is 43.9 Å². The minimum Gasteiger partial charge on any atom is -0.341 e. The Labute approximate surface area is 176 Å². The lowest BCUT2D eigenvalue weighted by Crippen LogP contribution is -2.52. The fourth-order valence-corrected chi connectivity index (χ4v) is 4.77. The Morgan fingerprint density at radius 1 is 1.03 bits per heavy atom. The van der Waals surface area contributed by atoms with Gasteiger partial charge in [0.1, 0.15) is 0 Å². The fourth-order valence-electron chi connectivity index (χ4n) is 4.77. The highest BCUT2D eigenvalue weighted by Crippen LogP contribution is 2.25. The summed E-state index contributed by atoms with van der Waals surface area (Å²) in [5.74, 6) is 1.11. The van der Waals surface area contributed by atoms with Gasteiger partial charge in [0.25, 0.3) is 0 Å². The summed E-state index contributed by atoms with van der Waals surface area (Å²) in [5.41, 5.74) is 1.17. The van der Waals surface area contributed by atoms with Crippen molar-refractivity contribution in [1.82, 2.24) is 14.7 Å². The van der Waals surface area contributed by atoms with Gasteiger partial charge in [-0.15, -0.1) is 0 Å². The van der Waals surface area contributed by atoms with Crippen LogP contribution < -0.4 is 0 Å². The maximum Gasteiger partial charge on any atom is 0.239 e. The summed E-state index contributed by atoms with van der Waals surface area (Å²) in [6, 6.07) is 10.2. The van der Waals surface area contributed by atoms with Crippen molar-refractivity contribution in [2.24, 2.45) is 5.92 Å². The SMILES string of the molecule is CCN1CCCC[C@H]1C(=O)N1CCC(CCC(=O)N(C)Cc2ccccc2)CC1. The molecule has 2 fully saturated rings. The number of hydrogen-bond donors (Lipinski definition) is 0. The third kappa shape index (κ3) is 6.05. The first-order chi connectivity index (χ1) is 14.1. The van der Waals surface area contributed by atoms with E-state index in [1.807, 2.05) is 30.1 Å². The van der Waals surface area contributed by atoms with Gasteiger partial charge in [0.05, 0.1) is 6.04 Å². The van der Waals surface area contributed by atoms with Crippen LogP contribution >= 0.6 is 0 Å². The molecule has 1 aromatic carbocycles. The van der Waals surface area contributed by atoms with Crippen molar-refractivity contribution in [2.45, 2.75) is 64.5 Å². The number of carbonyl (C=O) groups is 2. The highest BCUT2D eigenvalue weighted by atomic mass is 16.2. The molecule has 2 heterocycles. The van der Waals surface area contributed by atoms with Crippen LogP contribution in [0.2, 0.25) is 0 Å². The molecule has 3 rings (SSSR count). The second-order valence-electron chi connectivity index (χ2n) is 8.68. The second-order valence-corrected chi connectivity index (χ2v) is 8.68. The number of hydrogen-bond acceptors (Lipinski definition) is 3. The summed E-state index contributed by atoms with van der Waals surface area (Å²) in [7, 11) is 1.89. The average Bonchev–Trinajstić information content (AvgIpc) is 2.78. The maximum atomic E-state index is 13.0. The zero-order chi connectivity index (χ0) is 20.6. The molecule has 0 unspecified atom stereocenters. The molecule has 160 valence electrons. The molecule has 5 nitrogen and oxygen atoms in total. The summed E-state index contributed by atoms with van der Waals surface area (Å²) in [4.78, 5) is 31.7. The van der Waals surface area contributed by atoms with Crippen molar-refractivity contribution in [3.63, 3.8) is 0 Å². The van der Waals surface area contributed by atoms with Crippen molar-refractivity contribution in [1.29, 1.82) is 0 Å². The summed E-state index contributed by atoms with van der Waals surface area (Å²) in [6.07, 6.45) is 6.99. The number of amides is 2. The number of piperidine rings is 2. The largest absolute Gasteiger partial charge is 0.341 e. The molecule has 0 aliphatic carbocycles. The van der Waals surface area contributed by atoms with Crippen molar-refractivity contribution >= 4 is 11.8 Å². The van der Waals surface area contributed by atoms with E-state index in [-0.39, 0.29) is 11.9 Å². The molecule has 2 amide bonds. The lowest BCUT2D eigenvalue weighted by Gasteiger charge is -2.39. The average molecular weight is 400 g/mol. The highest BCUT2D eigenvalue weighted by molar-refractivity contribution is 5.82. The van der Waals surface area contributed by atoms with Crippen LogP contribution in [0.4, 0.5) is 0 Å². The van der Waals surface area contributed by atoms with Crippen LogP contribution in [0.15, 0.2) is 30.3 Å². The molecule has 0 saturated carbocycles. The zero-order valence-electron chi connectivity index (χ0n) is 18.2. The first kappa shape index (κ1) is 21.8. The van der Waals surface area contributed by atoms with Gasteiger partial charge in [-0.05, 0) is 56.7 Å². The number of likely N-dealkylation sites (N-methyl/N-ethyl adjacent to an activating group) is 1. The maximum absolute atomic E-state index is 13.0. The van der Waals surface area contributed by atoms with Gasteiger partial charge in [-0.3, -0.25) is 14.5 Å². The second kappa shape index (κ2) is 10.8. The minimum atomic E-state index is 0.0958. The molecule has 0 aromatic heterocycles. The Bertz CT molecular complexity index is 655. The van der Waals surface area contributed by atoms with E-state index in [2.05, 4.69) is 28.9 Å². The van der Waals surface area contributed by atoms with Gasteiger partial charge >= 0.3 is 0 Å². The quantitative estimate of drug-likeness (QED) is 0.704. The zero-order valence-corrected chi connectivity index (χ0v) is 18.2. The number of likely N-dealkylation sites (tertiary alicyclic amines) is 2. The van der Waals surface area contributed by atoms with Crippen LogP contribution in [0.5, 0.6) is 0 Å². The summed E-state index contributed by atoms with van der Waals surface area (Å²) in [6.45, 7) is 6.55. The van der Waals surface area contributed by atoms with E-state index < -0.39 is 0 Å². The Morgan fingerprint density at radius 3 is 2.45 bits per heavy atom. The molecule has 0 N–H and O–H groups in total. The van der Waals surface area contributed by atoms with Gasteiger partial charge in [-0.25, -0.2) is 0 Å². The van der Waals surface area contributed by atoms with Gasteiger partial charge in [-0.1, -0.05) is 43.7 Å². The van der Waals surface area contributed by atoms with Gasteiger partial charge < -0.3 is 9.80 Å². The van der Waals surface area contributed by atoms with Crippen LogP contribution in [0.1, 0.15) is 57.4 Å². The lowest BCUT2D eigenvalue weighted by atomic mass is 9.91. The van der Waals surface area contributed by atoms with E-state index in [4.69, 9.17) is 0 Å². The monoisotopic (exact) mass is 399 g/mol. The smallest absolute Gasteiger partial charge is 0.239 e. The molecule has 2 saturated heterocycles. The molecule has 2 aliphatic rings. The van der Waals surface area contributed by atoms with E-state index in [9.17, 15) is 9.59 Å². The van der Waals surface area contributed by atoms with Crippen LogP contribution in [-0.2, 0) is 16.1 Å². The van der Waals surface area contributed by atoms with E-state index in [0.717, 1.165) is 51.9 Å². The van der Waals surface area contributed by atoms with E-state index >= 15 is 0 Å². The Balaban J connectivity index is 1.39. The first-order valence-corrected chi connectivity index (χ1v) is 11.4. The predicted octanol–water partition coefficient (Wildman–Crippen LogP) is 3.54. The molecular weight excluding hydrogens is 362 g/mol. The Kier molecular flexibility index (Phi) is 8.10. The molecule has 0 radical (unpaired) electrons. The molecule has 29 heavy (non-hydrogen) atoms. The van der Waals surface area contributed by atoms with Gasteiger partial charge in [-0.2, -0.15) is 0 Å². The lowest BCUT2D eigenvalue weighted by molar-refractivity contribution is -0.140. The van der Waals surface area contributed by atoms with E-state index in [1.54, 1.807) is 0 Å². The predicted molar refractivity (Wildman–Crippen MR) is 116 cm³/mol. The van der Waals surface area contributed by atoms with Crippen molar-refractivity contribution in [2.75, 3.05) is 33.2 Å². The Morgan fingerprint density at radius 2 is 1.76 bits per heavy atom. The van der Waals surface area contributed by atoms with Crippen LogP contribution in [0, 0.1) is 5.92 Å². The highest BCUT2D eigenvalue weighted by Gasteiger charge is 2.32. The summed E-state index contributed by atoms with van der Waals surface area (Å²) >= 11 is 0. The molecule has 2 aliphatic heterocycles. The fraction of sp³-hybridized carbons (Fsp3) is 0.667. The number of rotatable bonds is 7. The van der Waals surface area contributed by atoms with Crippen LogP contribution in [0.3, 0.4) is 0 Å². The molecule has 1 atom stereocenters.